The van der Waals surface area contributed by atoms with Gasteiger partial charge in [-0.25, -0.2) is 4.90 Å². The van der Waals surface area contributed by atoms with Crippen molar-refractivity contribution in [3.8, 4) is 11.1 Å². The molecule has 0 saturated carbocycles. The molecule has 1 heterocycles. The van der Waals surface area contributed by atoms with Crippen molar-refractivity contribution < 1.29 is 9.59 Å². The third-order valence-electron chi connectivity index (χ3n) is 4.19. The molecule has 0 saturated heterocycles. The summed E-state index contributed by atoms with van der Waals surface area (Å²) in [6.45, 7) is 3.71. The first-order valence-corrected chi connectivity index (χ1v) is 7.99. The van der Waals surface area contributed by atoms with E-state index in [1.807, 2.05) is 49.4 Å². The largest absolute Gasteiger partial charge is 0.283 e. The fraction of sp³-hybridized carbons (Fsp3) is 0.0952. The highest BCUT2D eigenvalue weighted by molar-refractivity contribution is 6.15. The molecular formula is C21H18N2O2. The first-order chi connectivity index (χ1) is 12.1. The molecule has 4 heteroatoms. The Hall–Kier alpha value is -3.27. The van der Waals surface area contributed by atoms with E-state index in [1.165, 1.54) is 0 Å². The Morgan fingerprint density at radius 1 is 0.960 bits per heavy atom. The Bertz CT molecular complexity index is 920. The summed E-state index contributed by atoms with van der Waals surface area (Å²) in [7, 11) is 0. The van der Waals surface area contributed by atoms with Gasteiger partial charge in [0.05, 0.1) is 5.69 Å². The number of hydrogen-bond acceptors (Lipinski definition) is 3. The second-order valence-corrected chi connectivity index (χ2v) is 5.77. The summed E-state index contributed by atoms with van der Waals surface area (Å²) in [5.41, 5.74) is 4.45. The Kier molecular flexibility index (Phi) is 4.70. The molecule has 0 fully saturated rings. The third kappa shape index (κ3) is 3.19. The molecule has 1 aromatic heterocycles. The summed E-state index contributed by atoms with van der Waals surface area (Å²) in [6, 6.07) is 19.0. The van der Waals surface area contributed by atoms with E-state index in [1.54, 1.807) is 31.3 Å². The number of anilines is 1. The van der Waals surface area contributed by atoms with E-state index in [9.17, 15) is 9.59 Å². The Balaban J connectivity index is 2.07. The number of benzene rings is 2. The minimum atomic E-state index is -0.429. The predicted molar refractivity (Wildman–Crippen MR) is 98.5 cm³/mol. The second-order valence-electron chi connectivity index (χ2n) is 5.77. The molecule has 3 rings (SSSR count). The zero-order valence-corrected chi connectivity index (χ0v) is 14.1. The first kappa shape index (κ1) is 16.6. The third-order valence-corrected chi connectivity index (χ3v) is 4.19. The normalized spacial score (nSPS) is 10.3. The van der Waals surface area contributed by atoms with E-state index >= 15 is 0 Å². The van der Waals surface area contributed by atoms with Gasteiger partial charge in [-0.3, -0.25) is 14.6 Å². The van der Waals surface area contributed by atoms with Gasteiger partial charge in [0, 0.05) is 6.20 Å². The number of imide groups is 1. The molecular weight excluding hydrogens is 312 g/mol. The SMILES string of the molecule is Cc1cccnc1C(=O)N(C=O)c1cccc(-c2ccccc2)c1C. The first-order valence-electron chi connectivity index (χ1n) is 7.99. The van der Waals surface area contributed by atoms with E-state index in [2.05, 4.69) is 4.98 Å². The monoisotopic (exact) mass is 330 g/mol. The summed E-state index contributed by atoms with van der Waals surface area (Å²) in [6.07, 6.45) is 2.10. The molecule has 2 amide bonds. The molecule has 0 aliphatic rings. The van der Waals surface area contributed by atoms with Crippen molar-refractivity contribution in [1.29, 1.82) is 0 Å². The second kappa shape index (κ2) is 7.09. The van der Waals surface area contributed by atoms with Crippen LogP contribution in [0.3, 0.4) is 0 Å². The molecule has 0 atom stereocenters. The number of rotatable bonds is 4. The van der Waals surface area contributed by atoms with E-state index in [-0.39, 0.29) is 5.69 Å². The van der Waals surface area contributed by atoms with Gasteiger partial charge < -0.3 is 0 Å². The molecule has 0 spiro atoms. The van der Waals surface area contributed by atoms with E-state index in [4.69, 9.17) is 0 Å². The van der Waals surface area contributed by atoms with Gasteiger partial charge >= 0.3 is 0 Å². The maximum atomic E-state index is 12.8. The van der Waals surface area contributed by atoms with Crippen molar-refractivity contribution in [1.82, 2.24) is 4.98 Å². The van der Waals surface area contributed by atoms with E-state index < -0.39 is 5.91 Å². The lowest BCUT2D eigenvalue weighted by molar-refractivity contribution is -0.106. The van der Waals surface area contributed by atoms with Crippen LogP contribution in [0.25, 0.3) is 11.1 Å². The number of carbonyl (C=O) groups is 2. The number of aryl methyl sites for hydroxylation is 1. The van der Waals surface area contributed by atoms with Crippen LogP contribution < -0.4 is 4.90 Å². The highest BCUT2D eigenvalue weighted by atomic mass is 16.2. The molecule has 0 aliphatic heterocycles. The van der Waals surface area contributed by atoms with E-state index in [0.29, 0.717) is 12.1 Å². The fourth-order valence-electron chi connectivity index (χ4n) is 2.85. The molecule has 3 aromatic rings. The summed E-state index contributed by atoms with van der Waals surface area (Å²) >= 11 is 0. The van der Waals surface area contributed by atoms with Gasteiger partial charge in [-0.1, -0.05) is 48.5 Å². The number of amides is 2. The van der Waals surface area contributed by atoms with Crippen molar-refractivity contribution in [3.63, 3.8) is 0 Å². The van der Waals surface area contributed by atoms with Gasteiger partial charge in [-0.15, -0.1) is 0 Å². The summed E-state index contributed by atoms with van der Waals surface area (Å²) in [4.78, 5) is 29.8. The average molecular weight is 330 g/mol. The summed E-state index contributed by atoms with van der Waals surface area (Å²) in [5.74, 6) is -0.429. The number of pyridine rings is 1. The van der Waals surface area contributed by atoms with Crippen LogP contribution in [0.2, 0.25) is 0 Å². The summed E-state index contributed by atoms with van der Waals surface area (Å²) in [5, 5.41) is 0. The molecule has 0 aliphatic carbocycles. The zero-order valence-electron chi connectivity index (χ0n) is 14.1. The van der Waals surface area contributed by atoms with Gasteiger partial charge in [-0.2, -0.15) is 0 Å². The van der Waals surface area contributed by atoms with Gasteiger partial charge in [0.1, 0.15) is 5.69 Å². The lowest BCUT2D eigenvalue weighted by Gasteiger charge is -2.20. The smallest absolute Gasteiger partial charge is 0.278 e. The molecule has 4 nitrogen and oxygen atoms in total. The molecule has 0 radical (unpaired) electrons. The quantitative estimate of drug-likeness (QED) is 0.675. The van der Waals surface area contributed by atoms with Gasteiger partial charge in [0.25, 0.3) is 5.91 Å². The zero-order chi connectivity index (χ0) is 17.8. The van der Waals surface area contributed by atoms with Gasteiger partial charge in [-0.05, 0) is 48.2 Å². The Labute approximate surface area is 146 Å². The molecule has 0 N–H and O–H groups in total. The highest BCUT2D eigenvalue weighted by Gasteiger charge is 2.22. The van der Waals surface area contributed by atoms with Crippen molar-refractivity contribution in [2.75, 3.05) is 4.90 Å². The summed E-state index contributed by atoms with van der Waals surface area (Å²) < 4.78 is 0. The lowest BCUT2D eigenvalue weighted by Crippen LogP contribution is -2.31. The number of aromatic nitrogens is 1. The predicted octanol–water partition coefficient (Wildman–Crippen LogP) is 4.17. The van der Waals surface area contributed by atoms with Gasteiger partial charge in [0.15, 0.2) is 0 Å². The number of nitrogens with zero attached hydrogens (tertiary/aromatic N) is 2. The van der Waals surface area contributed by atoms with Crippen LogP contribution in [-0.4, -0.2) is 17.3 Å². The molecule has 2 aromatic carbocycles. The minimum absolute atomic E-state index is 0.277. The Morgan fingerprint density at radius 2 is 1.72 bits per heavy atom. The highest BCUT2D eigenvalue weighted by Crippen LogP contribution is 2.30. The maximum absolute atomic E-state index is 12.8. The van der Waals surface area contributed by atoms with Crippen molar-refractivity contribution in [2.24, 2.45) is 0 Å². The van der Waals surface area contributed by atoms with E-state index in [0.717, 1.165) is 27.2 Å². The number of hydrogen-bond donors (Lipinski definition) is 0. The molecule has 124 valence electrons. The maximum Gasteiger partial charge on any atom is 0.283 e. The fourth-order valence-corrected chi connectivity index (χ4v) is 2.85. The van der Waals surface area contributed by atoms with Crippen LogP contribution in [0.1, 0.15) is 21.6 Å². The van der Waals surface area contributed by atoms with Crippen LogP contribution >= 0.6 is 0 Å². The van der Waals surface area contributed by atoms with Crippen LogP contribution in [0.15, 0.2) is 66.9 Å². The van der Waals surface area contributed by atoms with Crippen LogP contribution in [-0.2, 0) is 4.79 Å². The number of carbonyl (C=O) groups excluding carboxylic acids is 2. The lowest BCUT2D eigenvalue weighted by atomic mass is 9.98. The van der Waals surface area contributed by atoms with Crippen LogP contribution in [0.4, 0.5) is 5.69 Å². The molecule has 0 bridgehead atoms. The standard InChI is InChI=1S/C21H18N2O2/c1-15-8-7-13-22-20(15)21(25)23(14-24)19-12-6-11-18(16(19)2)17-9-4-3-5-10-17/h3-14H,1-2H3. The van der Waals surface area contributed by atoms with Gasteiger partial charge in [0.2, 0.25) is 6.41 Å². The Morgan fingerprint density at radius 3 is 2.40 bits per heavy atom. The van der Waals surface area contributed by atoms with Crippen molar-refractivity contribution in [2.45, 2.75) is 13.8 Å². The average Bonchev–Trinajstić information content (AvgIpc) is 2.64. The van der Waals surface area contributed by atoms with Crippen LogP contribution in [0.5, 0.6) is 0 Å². The van der Waals surface area contributed by atoms with Crippen LogP contribution in [0, 0.1) is 13.8 Å². The molecule has 0 unspecified atom stereocenters. The molecule has 25 heavy (non-hydrogen) atoms. The minimum Gasteiger partial charge on any atom is -0.278 e. The van der Waals surface area contributed by atoms with Crippen molar-refractivity contribution >= 4 is 18.0 Å². The topological polar surface area (TPSA) is 50.3 Å². The van der Waals surface area contributed by atoms with Crippen molar-refractivity contribution in [3.05, 3.63) is 83.7 Å².